The Morgan fingerprint density at radius 3 is 2.24 bits per heavy atom. The van der Waals surface area contributed by atoms with Crippen molar-refractivity contribution in [2.24, 2.45) is 5.92 Å². The van der Waals surface area contributed by atoms with Crippen molar-refractivity contribution in [3.05, 3.63) is 65.7 Å². The van der Waals surface area contributed by atoms with Crippen LogP contribution in [0.15, 0.2) is 54.6 Å². The zero-order valence-electron chi connectivity index (χ0n) is 17.2. The van der Waals surface area contributed by atoms with E-state index in [1.165, 1.54) is 0 Å². The Hall–Kier alpha value is -2.38. The van der Waals surface area contributed by atoms with E-state index in [0.29, 0.717) is 19.6 Å². The lowest BCUT2D eigenvalue weighted by Gasteiger charge is -2.21. The third-order valence-corrected chi connectivity index (χ3v) is 5.89. The van der Waals surface area contributed by atoms with Crippen molar-refractivity contribution in [2.45, 2.75) is 39.8 Å². The Labute approximate surface area is 173 Å². The summed E-state index contributed by atoms with van der Waals surface area (Å²) in [5.41, 5.74) is 2.17. The zero-order chi connectivity index (χ0) is 21.3. The zero-order valence-corrected chi connectivity index (χ0v) is 18.0. The number of sulfonamides is 1. The second-order valence-electron chi connectivity index (χ2n) is 7.20. The van der Waals surface area contributed by atoms with Crippen LogP contribution in [-0.2, 0) is 27.8 Å². The van der Waals surface area contributed by atoms with Crippen molar-refractivity contribution in [3.8, 4) is 5.75 Å². The Bertz CT molecular complexity index is 865. The number of rotatable bonds is 11. The smallest absolute Gasteiger partial charge is 0.238 e. The van der Waals surface area contributed by atoms with Gasteiger partial charge in [0.25, 0.3) is 0 Å². The highest BCUT2D eigenvalue weighted by atomic mass is 32.2. The molecule has 0 aromatic heterocycles. The van der Waals surface area contributed by atoms with Crippen LogP contribution in [0.2, 0.25) is 0 Å². The van der Waals surface area contributed by atoms with Crippen LogP contribution in [0, 0.1) is 5.92 Å². The van der Waals surface area contributed by atoms with Crippen LogP contribution in [0.5, 0.6) is 5.75 Å². The van der Waals surface area contributed by atoms with Crippen molar-refractivity contribution in [3.63, 3.8) is 0 Å². The molecule has 0 spiro atoms. The van der Waals surface area contributed by atoms with E-state index in [1.807, 2.05) is 68.4 Å². The fraction of sp³-hybridized carbons (Fsp3) is 0.409. The van der Waals surface area contributed by atoms with Gasteiger partial charge in [0, 0.05) is 6.54 Å². The van der Waals surface area contributed by atoms with Crippen molar-refractivity contribution < 1.29 is 17.9 Å². The van der Waals surface area contributed by atoms with Crippen molar-refractivity contribution in [1.29, 1.82) is 0 Å². The number of hydrogen-bond acceptors (Lipinski definition) is 4. The summed E-state index contributed by atoms with van der Waals surface area (Å²) in [6.07, 6.45) is 0.649. The second kappa shape index (κ2) is 11.0. The molecule has 0 bridgehead atoms. The molecule has 7 heteroatoms. The molecule has 0 heterocycles. The third-order valence-electron chi connectivity index (χ3n) is 4.52. The molecule has 158 valence electrons. The Morgan fingerprint density at radius 1 is 1.00 bits per heavy atom. The van der Waals surface area contributed by atoms with Crippen LogP contribution in [-0.4, -0.2) is 32.7 Å². The predicted octanol–water partition coefficient (Wildman–Crippen LogP) is 2.89. The number of carbonyl (C=O) groups excluding carboxylic acids is 1. The van der Waals surface area contributed by atoms with Gasteiger partial charge in [-0.3, -0.25) is 4.79 Å². The molecule has 0 saturated carbocycles. The number of amides is 1. The van der Waals surface area contributed by atoms with Crippen LogP contribution >= 0.6 is 0 Å². The largest absolute Gasteiger partial charge is 0.489 e. The van der Waals surface area contributed by atoms with Gasteiger partial charge in [-0.2, -0.15) is 0 Å². The molecule has 0 radical (unpaired) electrons. The van der Waals surface area contributed by atoms with Crippen LogP contribution in [0.4, 0.5) is 0 Å². The molecule has 2 rings (SSSR count). The SMILES string of the molecule is CCS(=O)(=O)NC(C(=O)NCCc1ccc(OCc2ccccc2)cc1)C(C)C. The van der Waals surface area contributed by atoms with E-state index in [-0.39, 0.29) is 17.6 Å². The normalized spacial score (nSPS) is 12.6. The third kappa shape index (κ3) is 7.87. The second-order valence-corrected chi connectivity index (χ2v) is 9.24. The van der Waals surface area contributed by atoms with E-state index < -0.39 is 16.1 Å². The summed E-state index contributed by atoms with van der Waals surface area (Å²) in [6, 6.07) is 16.9. The molecular formula is C22H30N2O4S. The molecule has 29 heavy (non-hydrogen) atoms. The number of hydrogen-bond donors (Lipinski definition) is 2. The maximum atomic E-state index is 12.4. The summed E-state index contributed by atoms with van der Waals surface area (Å²) in [5, 5.41) is 2.82. The van der Waals surface area contributed by atoms with Gasteiger partial charge in [0.05, 0.1) is 5.75 Å². The lowest BCUT2D eigenvalue weighted by atomic mass is 10.0. The standard InChI is InChI=1S/C22H30N2O4S/c1-4-29(26,27)24-21(17(2)3)22(25)23-15-14-18-10-12-20(13-11-18)28-16-19-8-6-5-7-9-19/h5-13,17,21,24H,4,14-16H2,1-3H3,(H,23,25). The number of carbonyl (C=O) groups is 1. The number of benzene rings is 2. The first-order chi connectivity index (χ1) is 13.8. The molecule has 1 atom stereocenters. The fourth-order valence-electron chi connectivity index (χ4n) is 2.70. The lowest BCUT2D eigenvalue weighted by molar-refractivity contribution is -0.123. The minimum atomic E-state index is -3.44. The number of nitrogens with one attached hydrogen (secondary N) is 2. The molecule has 2 N–H and O–H groups in total. The van der Waals surface area contributed by atoms with Crippen molar-refractivity contribution in [1.82, 2.24) is 10.0 Å². The lowest BCUT2D eigenvalue weighted by Crippen LogP contribution is -2.50. The van der Waals surface area contributed by atoms with Gasteiger partial charge < -0.3 is 10.1 Å². The Morgan fingerprint density at radius 2 is 1.66 bits per heavy atom. The van der Waals surface area contributed by atoms with Gasteiger partial charge >= 0.3 is 0 Å². The number of ether oxygens (including phenoxy) is 1. The molecule has 2 aromatic rings. The van der Waals surface area contributed by atoms with Crippen LogP contribution in [0.1, 0.15) is 31.9 Å². The first kappa shape index (κ1) is 22.9. The molecule has 2 aromatic carbocycles. The van der Waals surface area contributed by atoms with Crippen LogP contribution < -0.4 is 14.8 Å². The molecule has 0 aliphatic heterocycles. The average molecular weight is 419 g/mol. The van der Waals surface area contributed by atoms with Gasteiger partial charge in [0.15, 0.2) is 0 Å². The minimum absolute atomic E-state index is 0.0534. The van der Waals surface area contributed by atoms with Crippen LogP contribution in [0.3, 0.4) is 0 Å². The molecule has 0 aliphatic rings. The summed E-state index contributed by atoms with van der Waals surface area (Å²) in [5.74, 6) is 0.287. The summed E-state index contributed by atoms with van der Waals surface area (Å²) >= 11 is 0. The minimum Gasteiger partial charge on any atom is -0.489 e. The molecule has 0 fully saturated rings. The van der Waals surface area contributed by atoms with E-state index in [4.69, 9.17) is 4.74 Å². The van der Waals surface area contributed by atoms with Gasteiger partial charge in [-0.1, -0.05) is 56.3 Å². The highest BCUT2D eigenvalue weighted by Gasteiger charge is 2.26. The average Bonchev–Trinajstić information content (AvgIpc) is 2.72. The molecule has 0 aliphatic carbocycles. The molecule has 1 unspecified atom stereocenters. The first-order valence-electron chi connectivity index (χ1n) is 9.84. The topological polar surface area (TPSA) is 84.5 Å². The maximum absolute atomic E-state index is 12.4. The fourth-order valence-corrected chi connectivity index (χ4v) is 3.64. The molecular weight excluding hydrogens is 388 g/mol. The van der Waals surface area contributed by atoms with Crippen molar-refractivity contribution in [2.75, 3.05) is 12.3 Å². The van der Waals surface area contributed by atoms with Gasteiger partial charge in [-0.15, -0.1) is 0 Å². The molecule has 0 saturated heterocycles. The maximum Gasteiger partial charge on any atom is 0.238 e. The van der Waals surface area contributed by atoms with E-state index >= 15 is 0 Å². The summed E-state index contributed by atoms with van der Waals surface area (Å²) in [4.78, 5) is 12.4. The Balaban J connectivity index is 1.81. The highest BCUT2D eigenvalue weighted by Crippen LogP contribution is 2.14. The summed E-state index contributed by atoms with van der Waals surface area (Å²) in [7, 11) is -3.44. The first-order valence-corrected chi connectivity index (χ1v) is 11.5. The van der Waals surface area contributed by atoms with Gasteiger partial charge in [-0.05, 0) is 42.5 Å². The molecule has 1 amide bonds. The monoisotopic (exact) mass is 418 g/mol. The van der Waals surface area contributed by atoms with Crippen LogP contribution in [0.25, 0.3) is 0 Å². The summed E-state index contributed by atoms with van der Waals surface area (Å²) in [6.45, 7) is 6.12. The van der Waals surface area contributed by atoms with E-state index in [1.54, 1.807) is 6.92 Å². The quantitative estimate of drug-likeness (QED) is 0.588. The molecule has 6 nitrogen and oxygen atoms in total. The summed E-state index contributed by atoms with van der Waals surface area (Å²) < 4.78 is 31.8. The van der Waals surface area contributed by atoms with Crippen molar-refractivity contribution >= 4 is 15.9 Å². The van der Waals surface area contributed by atoms with Gasteiger partial charge in [0.1, 0.15) is 18.4 Å². The van der Waals surface area contributed by atoms with E-state index in [9.17, 15) is 13.2 Å². The van der Waals surface area contributed by atoms with E-state index in [0.717, 1.165) is 16.9 Å². The highest BCUT2D eigenvalue weighted by molar-refractivity contribution is 7.89. The Kier molecular flexibility index (Phi) is 8.67. The van der Waals surface area contributed by atoms with E-state index in [2.05, 4.69) is 10.0 Å². The van der Waals surface area contributed by atoms with Gasteiger partial charge in [-0.25, -0.2) is 13.1 Å². The predicted molar refractivity (Wildman–Crippen MR) is 115 cm³/mol. The van der Waals surface area contributed by atoms with Gasteiger partial charge in [0.2, 0.25) is 15.9 Å².